The summed E-state index contributed by atoms with van der Waals surface area (Å²) in [5.41, 5.74) is 0.498. The Kier molecular flexibility index (Phi) is 19.7. The minimum atomic E-state index is -5.20. The quantitative estimate of drug-likeness (QED) is 0.159. The van der Waals surface area contributed by atoms with Gasteiger partial charge in [0, 0.05) is 20.5 Å². The van der Waals surface area contributed by atoms with Gasteiger partial charge in [0.15, 0.2) is 6.61 Å². The normalized spacial score (nSPS) is 11.5. The Morgan fingerprint density at radius 3 is 2.38 bits per heavy atom. The molecule has 0 aliphatic carbocycles. The average molecular weight is 488 g/mol. The Morgan fingerprint density at radius 1 is 1.12 bits per heavy atom. The summed E-state index contributed by atoms with van der Waals surface area (Å²) in [6, 6.07) is 5.64. The Morgan fingerprint density at radius 2 is 1.78 bits per heavy atom. The third-order valence-electron chi connectivity index (χ3n) is 4.36. The van der Waals surface area contributed by atoms with E-state index in [2.05, 4.69) is 16.8 Å². The van der Waals surface area contributed by atoms with Crippen molar-refractivity contribution in [2.45, 2.75) is 51.5 Å². The van der Waals surface area contributed by atoms with Crippen LogP contribution in [0.4, 0.5) is 0 Å². The minimum absolute atomic E-state index is 0. The third kappa shape index (κ3) is 15.8. The molecule has 0 aromatic heterocycles. The van der Waals surface area contributed by atoms with E-state index in [0.717, 1.165) is 32.1 Å². The number of hydrogen-bond acceptors (Lipinski definition) is 7. The summed E-state index contributed by atoms with van der Waals surface area (Å²) in [6.07, 6.45) is 5.22. The minimum Gasteiger partial charge on any atom is -0.790 e. The average Bonchev–Trinajstić information content (AvgIpc) is 2.68. The van der Waals surface area contributed by atoms with Gasteiger partial charge in [-0.1, -0.05) is 44.7 Å². The molecule has 0 bridgehead atoms. The predicted octanol–water partition coefficient (Wildman–Crippen LogP) is -4.48. The fourth-order valence-electron chi connectivity index (χ4n) is 2.64. The summed E-state index contributed by atoms with van der Waals surface area (Å²) in [7, 11) is -1.98. The van der Waals surface area contributed by atoms with Crippen LogP contribution >= 0.6 is 7.82 Å². The first-order valence-electron chi connectivity index (χ1n) is 10.0. The second-order valence-electron chi connectivity index (χ2n) is 7.18. The molecule has 32 heavy (non-hydrogen) atoms. The maximum absolute atomic E-state index is 12.3. The van der Waals surface area contributed by atoms with E-state index in [1.807, 2.05) is 0 Å². The molecular weight excluding hydrogens is 457 g/mol. The van der Waals surface area contributed by atoms with Gasteiger partial charge in [0.25, 0.3) is 5.91 Å². The number of amides is 2. The zero-order chi connectivity index (χ0) is 22.6. The van der Waals surface area contributed by atoms with E-state index in [1.165, 1.54) is 4.90 Å². The second-order valence-corrected chi connectivity index (χ2v) is 8.33. The van der Waals surface area contributed by atoms with Crippen LogP contribution in [0.5, 0.6) is 5.75 Å². The molecule has 0 fully saturated rings. The number of ether oxygens (including phenoxy) is 1. The standard InChI is InChI=1S/C20H33N2O7P.2Na/c1-4-5-6-7-8-12-19(23)21-18(14-29-30(25,26)27)16-10-9-11-17(13-16)28-15-20(24)22(2)3;;/h9-11,13,18H,4-8,12,14-15H2,1-3H3,(H,21,23)(H2,25,26,27);;/q;2*+1/p-2. The van der Waals surface area contributed by atoms with E-state index < -0.39 is 20.5 Å². The van der Waals surface area contributed by atoms with Crippen LogP contribution in [0.2, 0.25) is 0 Å². The van der Waals surface area contributed by atoms with Crippen molar-refractivity contribution in [2.24, 2.45) is 0 Å². The Hall–Kier alpha value is 0.0700. The van der Waals surface area contributed by atoms with Crippen LogP contribution in [0, 0.1) is 0 Å². The second kappa shape index (κ2) is 18.4. The van der Waals surface area contributed by atoms with Crippen molar-refractivity contribution in [2.75, 3.05) is 27.3 Å². The number of rotatable bonds is 14. The summed E-state index contributed by atoms with van der Waals surface area (Å²) in [5, 5.41) is 2.71. The van der Waals surface area contributed by atoms with Gasteiger partial charge in [-0.2, -0.15) is 0 Å². The molecule has 0 aliphatic rings. The maximum Gasteiger partial charge on any atom is 1.00 e. The number of nitrogens with zero attached hydrogens (tertiary/aromatic N) is 1. The molecule has 0 saturated carbocycles. The molecule has 9 nitrogen and oxygen atoms in total. The zero-order valence-electron chi connectivity index (χ0n) is 19.8. The van der Waals surface area contributed by atoms with E-state index in [0.29, 0.717) is 17.7 Å². The van der Waals surface area contributed by atoms with Gasteiger partial charge in [-0.05, 0) is 24.1 Å². The van der Waals surface area contributed by atoms with Gasteiger partial charge in [-0.3, -0.25) is 9.59 Å². The number of phosphoric ester groups is 1. The number of carbonyl (C=O) groups is 2. The first-order chi connectivity index (χ1) is 14.1. The van der Waals surface area contributed by atoms with Gasteiger partial charge in [-0.15, -0.1) is 0 Å². The van der Waals surface area contributed by atoms with Crippen molar-refractivity contribution >= 4 is 19.6 Å². The van der Waals surface area contributed by atoms with E-state index in [4.69, 9.17) is 4.74 Å². The van der Waals surface area contributed by atoms with Crippen LogP contribution in [0.15, 0.2) is 24.3 Å². The topological polar surface area (TPSA) is 131 Å². The molecule has 0 heterocycles. The number of likely N-dealkylation sites (N-methyl/N-ethyl adjacent to an activating group) is 1. The largest absolute Gasteiger partial charge is 1.00 e. The number of hydrogen-bond donors (Lipinski definition) is 1. The fraction of sp³-hybridized carbons (Fsp3) is 0.600. The van der Waals surface area contributed by atoms with Crippen LogP contribution in [-0.2, 0) is 18.7 Å². The van der Waals surface area contributed by atoms with E-state index >= 15 is 0 Å². The molecule has 170 valence electrons. The molecule has 0 aliphatic heterocycles. The van der Waals surface area contributed by atoms with Gasteiger partial charge in [0.2, 0.25) is 5.91 Å². The predicted molar refractivity (Wildman–Crippen MR) is 108 cm³/mol. The first kappa shape index (κ1) is 34.2. The molecule has 2 amide bonds. The maximum atomic E-state index is 12.3. The van der Waals surface area contributed by atoms with Gasteiger partial charge < -0.3 is 33.8 Å². The van der Waals surface area contributed by atoms with Crippen LogP contribution in [-0.4, -0.2) is 44.0 Å². The molecule has 1 N–H and O–H groups in total. The Balaban J connectivity index is 0. The van der Waals surface area contributed by atoms with Crippen molar-refractivity contribution in [1.29, 1.82) is 0 Å². The van der Waals surface area contributed by atoms with Gasteiger partial charge in [0.1, 0.15) is 5.75 Å². The van der Waals surface area contributed by atoms with Crippen molar-refractivity contribution in [3.8, 4) is 5.75 Å². The van der Waals surface area contributed by atoms with Crippen LogP contribution in [0.1, 0.15) is 57.1 Å². The summed E-state index contributed by atoms with van der Waals surface area (Å²) in [5.74, 6) is -0.120. The molecule has 0 saturated heterocycles. The molecular formula is C20H31N2Na2O7P. The van der Waals surface area contributed by atoms with Crippen molar-refractivity contribution in [3.63, 3.8) is 0 Å². The molecule has 12 heteroatoms. The fourth-order valence-corrected chi connectivity index (χ4v) is 2.97. The number of benzene rings is 1. The zero-order valence-corrected chi connectivity index (χ0v) is 24.7. The molecule has 1 rings (SSSR count). The van der Waals surface area contributed by atoms with E-state index in [-0.39, 0.29) is 77.5 Å². The van der Waals surface area contributed by atoms with E-state index in [1.54, 1.807) is 38.4 Å². The van der Waals surface area contributed by atoms with Crippen molar-refractivity contribution in [1.82, 2.24) is 10.2 Å². The first-order valence-corrected chi connectivity index (χ1v) is 11.5. The molecule has 1 atom stereocenters. The van der Waals surface area contributed by atoms with Gasteiger partial charge in [0.05, 0.1) is 20.5 Å². The molecule has 0 spiro atoms. The molecule has 1 unspecified atom stereocenters. The number of unbranched alkanes of at least 4 members (excludes halogenated alkanes) is 4. The number of nitrogens with one attached hydrogen (secondary N) is 1. The molecule has 0 radical (unpaired) electrons. The smallest absolute Gasteiger partial charge is 0.790 e. The summed E-state index contributed by atoms with van der Waals surface area (Å²) < 4.78 is 20.8. The molecule has 1 aromatic carbocycles. The summed E-state index contributed by atoms with van der Waals surface area (Å²) in [6.45, 7) is 1.42. The monoisotopic (exact) mass is 488 g/mol. The van der Waals surface area contributed by atoms with Crippen LogP contribution in [0.25, 0.3) is 0 Å². The van der Waals surface area contributed by atoms with Gasteiger partial charge in [-0.25, -0.2) is 0 Å². The van der Waals surface area contributed by atoms with E-state index in [9.17, 15) is 23.9 Å². The summed E-state index contributed by atoms with van der Waals surface area (Å²) in [4.78, 5) is 47.2. The van der Waals surface area contributed by atoms with Crippen LogP contribution in [0.3, 0.4) is 0 Å². The van der Waals surface area contributed by atoms with Crippen LogP contribution < -0.4 is 79.0 Å². The van der Waals surface area contributed by atoms with Gasteiger partial charge >= 0.3 is 59.1 Å². The Labute approximate surface area is 234 Å². The number of carbonyl (C=O) groups excluding carboxylic acids is 2. The third-order valence-corrected chi connectivity index (χ3v) is 4.83. The Bertz CT molecular complexity index is 732. The SMILES string of the molecule is CCCCCCCC(=O)NC(COP(=O)([O-])[O-])c1cccc(OCC(=O)N(C)C)c1.[Na+].[Na+]. The van der Waals surface area contributed by atoms with Crippen molar-refractivity contribution < 1.29 is 92.3 Å². The number of phosphoric acid groups is 1. The van der Waals surface area contributed by atoms with Crippen molar-refractivity contribution in [3.05, 3.63) is 29.8 Å². The summed E-state index contributed by atoms with van der Waals surface area (Å²) >= 11 is 0. The molecule has 1 aromatic rings.